The third-order valence-corrected chi connectivity index (χ3v) is 5.29. The summed E-state index contributed by atoms with van der Waals surface area (Å²) in [7, 11) is 0. The number of alkyl halides is 3. The van der Waals surface area contributed by atoms with Gasteiger partial charge >= 0.3 is 6.18 Å². The zero-order chi connectivity index (χ0) is 22.9. The first-order chi connectivity index (χ1) is 15.3. The van der Waals surface area contributed by atoms with Crippen LogP contribution in [0.2, 0.25) is 0 Å². The van der Waals surface area contributed by atoms with Crippen molar-refractivity contribution in [3.8, 4) is 5.69 Å². The quantitative estimate of drug-likeness (QED) is 0.623. The number of halogens is 3. The van der Waals surface area contributed by atoms with E-state index in [2.05, 4.69) is 10.1 Å². The monoisotopic (exact) mass is 443 g/mol. The molecule has 1 aliphatic rings. The molecule has 166 valence electrons. The smallest absolute Gasteiger partial charge is 0.353 e. The van der Waals surface area contributed by atoms with Gasteiger partial charge in [-0.2, -0.15) is 18.3 Å². The number of piperazine rings is 1. The molecule has 4 rings (SSSR count). The lowest BCUT2D eigenvalue weighted by atomic mass is 10.1. The number of hydrogen-bond acceptors (Lipinski definition) is 5. The van der Waals surface area contributed by atoms with Gasteiger partial charge < -0.3 is 9.80 Å². The average molecular weight is 443 g/mol. The standard InChI is InChI=1S/C22H20F3N5O2/c1-15-14-18(31)20(27-30(15)17-7-3-2-6-16(17)22(23,24)25)21(32)29-12-10-28(11-13-29)19-8-4-5-9-26-19/h2-9,14H,10-13H2,1H3. The van der Waals surface area contributed by atoms with Crippen LogP contribution in [0.3, 0.4) is 0 Å². The summed E-state index contributed by atoms with van der Waals surface area (Å²) in [5.74, 6) is 0.188. The Morgan fingerprint density at radius 1 is 1.00 bits per heavy atom. The number of pyridine rings is 1. The second-order valence-electron chi connectivity index (χ2n) is 7.39. The number of anilines is 1. The summed E-state index contributed by atoms with van der Waals surface area (Å²) in [5.41, 5.74) is -1.98. The number of para-hydroxylation sites is 1. The van der Waals surface area contributed by atoms with E-state index in [-0.39, 0.29) is 11.4 Å². The first kappa shape index (κ1) is 21.5. The van der Waals surface area contributed by atoms with Crippen molar-refractivity contribution in [2.24, 2.45) is 0 Å². The lowest BCUT2D eigenvalue weighted by Crippen LogP contribution is -2.50. The highest BCUT2D eigenvalue weighted by Gasteiger charge is 2.34. The number of nitrogens with zero attached hydrogens (tertiary/aromatic N) is 5. The van der Waals surface area contributed by atoms with E-state index in [1.54, 1.807) is 6.20 Å². The fourth-order valence-corrected chi connectivity index (χ4v) is 3.67. The molecule has 3 heterocycles. The molecule has 1 fully saturated rings. The maximum atomic E-state index is 13.5. The Kier molecular flexibility index (Phi) is 5.68. The van der Waals surface area contributed by atoms with E-state index in [1.165, 1.54) is 30.0 Å². The lowest BCUT2D eigenvalue weighted by molar-refractivity contribution is -0.137. The SMILES string of the molecule is Cc1cc(=O)c(C(=O)N2CCN(c3ccccn3)CC2)nn1-c1ccccc1C(F)(F)F. The Labute approximate surface area is 181 Å². The molecule has 0 N–H and O–H groups in total. The molecule has 10 heteroatoms. The molecule has 0 bridgehead atoms. The molecule has 0 spiro atoms. The molecule has 0 aliphatic carbocycles. The highest BCUT2D eigenvalue weighted by molar-refractivity contribution is 5.92. The van der Waals surface area contributed by atoms with Crippen molar-refractivity contribution in [2.75, 3.05) is 31.1 Å². The van der Waals surface area contributed by atoms with Crippen LogP contribution in [-0.2, 0) is 6.18 Å². The Bertz CT molecular complexity index is 1190. The van der Waals surface area contributed by atoms with Gasteiger partial charge in [0.05, 0.1) is 11.3 Å². The zero-order valence-corrected chi connectivity index (χ0v) is 17.2. The third kappa shape index (κ3) is 4.20. The summed E-state index contributed by atoms with van der Waals surface area (Å²) in [5, 5.41) is 4.06. The second kappa shape index (κ2) is 8.45. The predicted octanol–water partition coefficient (Wildman–Crippen LogP) is 2.92. The Balaban J connectivity index is 1.62. The number of aromatic nitrogens is 3. The number of carbonyl (C=O) groups excluding carboxylic acids is 1. The molecule has 7 nitrogen and oxygen atoms in total. The molecule has 0 unspecified atom stereocenters. The van der Waals surface area contributed by atoms with Crippen molar-refractivity contribution in [2.45, 2.75) is 13.1 Å². The number of benzene rings is 1. The van der Waals surface area contributed by atoms with Crippen molar-refractivity contribution < 1.29 is 18.0 Å². The summed E-state index contributed by atoms with van der Waals surface area (Å²) in [6, 6.07) is 11.6. The molecular formula is C22H20F3N5O2. The van der Waals surface area contributed by atoms with E-state index in [1.807, 2.05) is 23.1 Å². The Hall–Kier alpha value is -3.69. The van der Waals surface area contributed by atoms with Gasteiger partial charge in [-0.1, -0.05) is 18.2 Å². The number of carbonyl (C=O) groups is 1. The van der Waals surface area contributed by atoms with Crippen molar-refractivity contribution in [1.82, 2.24) is 19.7 Å². The summed E-state index contributed by atoms with van der Waals surface area (Å²) >= 11 is 0. The molecular weight excluding hydrogens is 423 g/mol. The Morgan fingerprint density at radius 2 is 1.69 bits per heavy atom. The molecule has 1 aromatic carbocycles. The molecule has 32 heavy (non-hydrogen) atoms. The van der Waals surface area contributed by atoms with E-state index in [0.717, 1.165) is 22.6 Å². The van der Waals surface area contributed by atoms with Gasteiger partial charge in [-0.15, -0.1) is 0 Å². The van der Waals surface area contributed by atoms with Crippen LogP contribution in [0.15, 0.2) is 59.5 Å². The largest absolute Gasteiger partial charge is 0.418 e. The van der Waals surface area contributed by atoms with Gasteiger partial charge in [0.2, 0.25) is 5.43 Å². The third-order valence-electron chi connectivity index (χ3n) is 5.29. The fourth-order valence-electron chi connectivity index (χ4n) is 3.67. The first-order valence-corrected chi connectivity index (χ1v) is 9.98. The van der Waals surface area contributed by atoms with Crippen molar-refractivity contribution in [3.63, 3.8) is 0 Å². The molecule has 1 aliphatic heterocycles. The van der Waals surface area contributed by atoms with Crippen LogP contribution >= 0.6 is 0 Å². The van der Waals surface area contributed by atoms with Gasteiger partial charge in [0.1, 0.15) is 5.82 Å². The van der Waals surface area contributed by atoms with E-state index < -0.39 is 28.8 Å². The van der Waals surface area contributed by atoms with E-state index >= 15 is 0 Å². The molecule has 0 saturated carbocycles. The van der Waals surface area contributed by atoms with Crippen LogP contribution in [-0.4, -0.2) is 51.8 Å². The summed E-state index contributed by atoms with van der Waals surface area (Å²) in [4.78, 5) is 33.3. The van der Waals surface area contributed by atoms with Gasteiger partial charge in [0, 0.05) is 44.1 Å². The van der Waals surface area contributed by atoms with Gasteiger partial charge in [0.15, 0.2) is 5.69 Å². The highest BCUT2D eigenvalue weighted by atomic mass is 19.4. The van der Waals surface area contributed by atoms with Crippen LogP contribution in [0.5, 0.6) is 0 Å². The predicted molar refractivity (Wildman–Crippen MR) is 112 cm³/mol. The summed E-state index contributed by atoms with van der Waals surface area (Å²) < 4.78 is 41.5. The van der Waals surface area contributed by atoms with Gasteiger partial charge in [-0.3, -0.25) is 9.59 Å². The zero-order valence-electron chi connectivity index (χ0n) is 17.2. The minimum absolute atomic E-state index is 0.197. The first-order valence-electron chi connectivity index (χ1n) is 9.98. The number of rotatable bonds is 3. The maximum Gasteiger partial charge on any atom is 0.418 e. The van der Waals surface area contributed by atoms with E-state index in [9.17, 15) is 22.8 Å². The number of aryl methyl sites for hydroxylation is 1. The minimum Gasteiger partial charge on any atom is -0.353 e. The maximum absolute atomic E-state index is 13.5. The van der Waals surface area contributed by atoms with Crippen LogP contribution in [0.1, 0.15) is 21.7 Å². The van der Waals surface area contributed by atoms with Crippen LogP contribution < -0.4 is 10.3 Å². The number of hydrogen-bond donors (Lipinski definition) is 0. The van der Waals surface area contributed by atoms with E-state index in [0.29, 0.717) is 26.2 Å². The average Bonchev–Trinajstić information content (AvgIpc) is 2.79. The topological polar surface area (TPSA) is 71.3 Å². The summed E-state index contributed by atoms with van der Waals surface area (Å²) in [6.07, 6.45) is -2.93. The molecule has 2 aromatic heterocycles. The molecule has 1 amide bonds. The Morgan fingerprint density at radius 3 is 2.34 bits per heavy atom. The van der Waals surface area contributed by atoms with Crippen LogP contribution in [0.4, 0.5) is 19.0 Å². The van der Waals surface area contributed by atoms with Crippen LogP contribution in [0, 0.1) is 6.92 Å². The van der Waals surface area contributed by atoms with Crippen LogP contribution in [0.25, 0.3) is 5.69 Å². The van der Waals surface area contributed by atoms with E-state index in [4.69, 9.17) is 0 Å². The van der Waals surface area contributed by atoms with Crippen molar-refractivity contribution in [3.05, 3.63) is 81.9 Å². The fraction of sp³-hybridized carbons (Fsp3) is 0.273. The van der Waals surface area contributed by atoms with Gasteiger partial charge in [-0.05, 0) is 31.2 Å². The molecule has 3 aromatic rings. The minimum atomic E-state index is -4.61. The van der Waals surface area contributed by atoms with Gasteiger partial charge in [0.25, 0.3) is 5.91 Å². The number of amides is 1. The molecule has 1 saturated heterocycles. The lowest BCUT2D eigenvalue weighted by Gasteiger charge is -2.35. The van der Waals surface area contributed by atoms with Crippen molar-refractivity contribution in [1.29, 1.82) is 0 Å². The second-order valence-corrected chi connectivity index (χ2v) is 7.39. The van der Waals surface area contributed by atoms with Crippen molar-refractivity contribution >= 4 is 11.7 Å². The normalized spacial score (nSPS) is 14.5. The molecule has 0 radical (unpaired) electrons. The molecule has 0 atom stereocenters. The van der Waals surface area contributed by atoms with Gasteiger partial charge in [-0.25, -0.2) is 9.67 Å². The summed E-state index contributed by atoms with van der Waals surface area (Å²) in [6.45, 7) is 3.17. The highest BCUT2D eigenvalue weighted by Crippen LogP contribution is 2.33.